The van der Waals surface area contributed by atoms with Gasteiger partial charge in [0.05, 0.1) is 0 Å². The Balaban J connectivity index is 1.53. The lowest BCUT2D eigenvalue weighted by molar-refractivity contribution is -0.135. The number of carbonyl (C=O) groups excluding carboxylic acids is 3. The highest BCUT2D eigenvalue weighted by Gasteiger charge is 2.33. The highest BCUT2D eigenvalue weighted by molar-refractivity contribution is 5.95. The average Bonchev–Trinajstić information content (AvgIpc) is 3.08. The van der Waals surface area contributed by atoms with Crippen molar-refractivity contribution in [1.82, 2.24) is 15.1 Å². The van der Waals surface area contributed by atoms with Crippen molar-refractivity contribution >= 4 is 17.7 Å². The Morgan fingerprint density at radius 3 is 2.28 bits per heavy atom. The van der Waals surface area contributed by atoms with E-state index in [9.17, 15) is 14.4 Å². The summed E-state index contributed by atoms with van der Waals surface area (Å²) >= 11 is 0. The third kappa shape index (κ3) is 4.00. The fraction of sp³-hybridized carbons (Fsp3) is 0.526. The van der Waals surface area contributed by atoms with Gasteiger partial charge in [-0.05, 0) is 30.5 Å². The van der Waals surface area contributed by atoms with Crippen molar-refractivity contribution < 1.29 is 14.4 Å². The molecule has 2 aliphatic rings. The molecule has 2 aliphatic heterocycles. The average molecular weight is 343 g/mol. The topological polar surface area (TPSA) is 69.7 Å². The summed E-state index contributed by atoms with van der Waals surface area (Å²) in [5, 5.41) is 2.72. The van der Waals surface area contributed by atoms with Gasteiger partial charge in [0.1, 0.15) is 6.04 Å². The first-order valence-corrected chi connectivity index (χ1v) is 9.05. The number of aryl methyl sites for hydroxylation is 1. The molecule has 6 nitrogen and oxygen atoms in total. The minimum atomic E-state index is -0.388. The van der Waals surface area contributed by atoms with E-state index in [0.29, 0.717) is 44.6 Å². The largest absolute Gasteiger partial charge is 0.344 e. The van der Waals surface area contributed by atoms with Crippen LogP contribution >= 0.6 is 0 Å². The molecule has 0 saturated carbocycles. The van der Waals surface area contributed by atoms with Crippen molar-refractivity contribution in [3.63, 3.8) is 0 Å². The minimum Gasteiger partial charge on any atom is -0.344 e. The van der Waals surface area contributed by atoms with Crippen molar-refractivity contribution in [3.05, 3.63) is 35.4 Å². The minimum absolute atomic E-state index is 0.0179. The Morgan fingerprint density at radius 2 is 1.72 bits per heavy atom. The molecule has 0 spiro atoms. The summed E-state index contributed by atoms with van der Waals surface area (Å²) in [7, 11) is 0. The van der Waals surface area contributed by atoms with Crippen LogP contribution in [0.3, 0.4) is 0 Å². The van der Waals surface area contributed by atoms with Gasteiger partial charge in [-0.3, -0.25) is 14.4 Å². The monoisotopic (exact) mass is 343 g/mol. The van der Waals surface area contributed by atoms with Crippen LogP contribution in [0.5, 0.6) is 0 Å². The van der Waals surface area contributed by atoms with Crippen molar-refractivity contribution in [3.8, 4) is 0 Å². The molecule has 1 atom stereocenters. The second-order valence-corrected chi connectivity index (χ2v) is 6.72. The van der Waals surface area contributed by atoms with E-state index in [2.05, 4.69) is 12.2 Å². The van der Waals surface area contributed by atoms with Crippen LogP contribution in [0.1, 0.15) is 42.1 Å². The highest BCUT2D eigenvalue weighted by Crippen LogP contribution is 2.14. The van der Waals surface area contributed by atoms with Crippen LogP contribution in [-0.2, 0) is 16.0 Å². The standard InChI is InChI=1S/C19H25N3O3/c1-2-3-14-4-6-15(7-5-14)18(24)21-10-12-22(13-11-21)19(25)16-8-9-17(23)20-16/h4-7,16H,2-3,8-13H2,1H3,(H,20,23). The van der Waals surface area contributed by atoms with Crippen LogP contribution in [0.15, 0.2) is 24.3 Å². The molecule has 2 saturated heterocycles. The molecule has 1 unspecified atom stereocenters. The van der Waals surface area contributed by atoms with E-state index in [0.717, 1.165) is 12.8 Å². The maximum absolute atomic E-state index is 12.6. The van der Waals surface area contributed by atoms with Gasteiger partial charge in [-0.25, -0.2) is 0 Å². The van der Waals surface area contributed by atoms with Gasteiger partial charge in [0, 0.05) is 38.2 Å². The summed E-state index contributed by atoms with van der Waals surface area (Å²) in [6.45, 7) is 4.23. The second kappa shape index (κ2) is 7.68. The quantitative estimate of drug-likeness (QED) is 0.893. The molecule has 25 heavy (non-hydrogen) atoms. The SMILES string of the molecule is CCCc1ccc(C(=O)N2CCN(C(=O)C3CCC(=O)N3)CC2)cc1. The van der Waals surface area contributed by atoms with Gasteiger partial charge in [-0.2, -0.15) is 0 Å². The van der Waals surface area contributed by atoms with E-state index in [4.69, 9.17) is 0 Å². The number of nitrogens with zero attached hydrogens (tertiary/aromatic N) is 2. The fourth-order valence-corrected chi connectivity index (χ4v) is 3.43. The van der Waals surface area contributed by atoms with Gasteiger partial charge in [-0.15, -0.1) is 0 Å². The van der Waals surface area contributed by atoms with Crippen LogP contribution in [0.4, 0.5) is 0 Å². The Labute approximate surface area is 148 Å². The second-order valence-electron chi connectivity index (χ2n) is 6.72. The lowest BCUT2D eigenvalue weighted by Crippen LogP contribution is -2.54. The number of hydrogen-bond acceptors (Lipinski definition) is 3. The summed E-state index contributed by atoms with van der Waals surface area (Å²) in [5.74, 6) is -0.0649. The first-order chi connectivity index (χ1) is 12.1. The third-order valence-electron chi connectivity index (χ3n) is 4.91. The van der Waals surface area contributed by atoms with Gasteiger partial charge in [0.2, 0.25) is 11.8 Å². The third-order valence-corrected chi connectivity index (χ3v) is 4.91. The Kier molecular flexibility index (Phi) is 5.36. The number of piperazine rings is 1. The fourth-order valence-electron chi connectivity index (χ4n) is 3.43. The molecule has 6 heteroatoms. The molecule has 2 fully saturated rings. The van der Waals surface area contributed by atoms with E-state index in [1.54, 1.807) is 9.80 Å². The van der Waals surface area contributed by atoms with Crippen molar-refractivity contribution in [2.24, 2.45) is 0 Å². The normalized spacial score (nSPS) is 20.5. The maximum Gasteiger partial charge on any atom is 0.253 e. The number of benzene rings is 1. The lowest BCUT2D eigenvalue weighted by Gasteiger charge is -2.36. The van der Waals surface area contributed by atoms with E-state index in [-0.39, 0.29) is 23.8 Å². The summed E-state index contributed by atoms with van der Waals surface area (Å²) in [4.78, 5) is 39.8. The molecule has 0 bridgehead atoms. The van der Waals surface area contributed by atoms with Crippen LogP contribution in [0.2, 0.25) is 0 Å². The van der Waals surface area contributed by atoms with E-state index in [1.807, 2.05) is 24.3 Å². The summed E-state index contributed by atoms with van der Waals surface area (Å²) in [6, 6.07) is 7.41. The summed E-state index contributed by atoms with van der Waals surface area (Å²) in [6.07, 6.45) is 3.10. The number of nitrogens with one attached hydrogen (secondary N) is 1. The van der Waals surface area contributed by atoms with E-state index >= 15 is 0 Å². The van der Waals surface area contributed by atoms with Crippen molar-refractivity contribution in [1.29, 1.82) is 0 Å². The molecule has 1 aromatic carbocycles. The maximum atomic E-state index is 12.6. The van der Waals surface area contributed by atoms with Crippen LogP contribution in [0.25, 0.3) is 0 Å². The Hall–Kier alpha value is -2.37. The highest BCUT2D eigenvalue weighted by atomic mass is 16.2. The first kappa shape index (κ1) is 17.5. The molecule has 0 aromatic heterocycles. The zero-order valence-electron chi connectivity index (χ0n) is 14.7. The molecule has 0 aliphatic carbocycles. The molecule has 134 valence electrons. The number of amides is 3. The lowest BCUT2D eigenvalue weighted by atomic mass is 10.1. The summed E-state index contributed by atoms with van der Waals surface area (Å²) in [5.41, 5.74) is 1.94. The van der Waals surface area contributed by atoms with Gasteiger partial charge in [0.15, 0.2) is 0 Å². The molecule has 3 rings (SSSR count). The van der Waals surface area contributed by atoms with E-state index in [1.165, 1.54) is 5.56 Å². The van der Waals surface area contributed by atoms with Gasteiger partial charge in [0.25, 0.3) is 5.91 Å². The molecule has 1 N–H and O–H groups in total. The van der Waals surface area contributed by atoms with Gasteiger partial charge in [-0.1, -0.05) is 25.5 Å². The Morgan fingerprint density at radius 1 is 1.08 bits per heavy atom. The summed E-state index contributed by atoms with van der Waals surface area (Å²) < 4.78 is 0. The predicted octanol–water partition coefficient (Wildman–Crippen LogP) is 1.20. The van der Waals surface area contributed by atoms with Crippen molar-refractivity contribution in [2.75, 3.05) is 26.2 Å². The molecule has 3 amide bonds. The van der Waals surface area contributed by atoms with Crippen molar-refractivity contribution in [2.45, 2.75) is 38.6 Å². The predicted molar refractivity (Wildman–Crippen MR) is 94.1 cm³/mol. The molecular weight excluding hydrogens is 318 g/mol. The molecule has 2 heterocycles. The van der Waals surface area contributed by atoms with Crippen LogP contribution in [-0.4, -0.2) is 59.7 Å². The molecular formula is C19H25N3O3. The smallest absolute Gasteiger partial charge is 0.253 e. The zero-order chi connectivity index (χ0) is 17.8. The molecule has 1 aromatic rings. The van der Waals surface area contributed by atoms with Gasteiger partial charge >= 0.3 is 0 Å². The van der Waals surface area contributed by atoms with E-state index < -0.39 is 0 Å². The number of carbonyl (C=O) groups is 3. The zero-order valence-corrected chi connectivity index (χ0v) is 14.7. The van der Waals surface area contributed by atoms with Gasteiger partial charge < -0.3 is 15.1 Å². The first-order valence-electron chi connectivity index (χ1n) is 9.05. The number of hydrogen-bond donors (Lipinski definition) is 1. The number of rotatable bonds is 4. The van der Waals surface area contributed by atoms with Crippen LogP contribution < -0.4 is 5.32 Å². The Bertz CT molecular complexity index is 648. The molecule has 0 radical (unpaired) electrons. The van der Waals surface area contributed by atoms with Crippen LogP contribution in [0, 0.1) is 0 Å².